The van der Waals surface area contributed by atoms with Gasteiger partial charge < -0.3 is 10.2 Å². The second-order valence-electron chi connectivity index (χ2n) is 6.44. The fourth-order valence-electron chi connectivity index (χ4n) is 2.78. The van der Waals surface area contributed by atoms with Crippen LogP contribution in [0.1, 0.15) is 11.3 Å². The molecule has 2 aromatic carbocycles. The summed E-state index contributed by atoms with van der Waals surface area (Å²) < 4.78 is 45.4. The normalized spacial score (nSPS) is 11.4. The summed E-state index contributed by atoms with van der Waals surface area (Å²) in [6.07, 6.45) is 0. The maximum atomic E-state index is 13.1. The van der Waals surface area contributed by atoms with Crippen LogP contribution in [0, 0.1) is 24.1 Å². The molecule has 0 saturated carbocycles. The Labute approximate surface area is 171 Å². The zero-order valence-electron chi connectivity index (χ0n) is 15.6. The average molecular weight is 423 g/mol. The first kappa shape index (κ1) is 19.4. The minimum atomic E-state index is -4.45. The Morgan fingerprint density at radius 1 is 1.10 bits per heavy atom. The van der Waals surface area contributed by atoms with Crippen molar-refractivity contribution >= 4 is 15.8 Å². The summed E-state index contributed by atoms with van der Waals surface area (Å²) in [5, 5.41) is 12.7. The lowest BCUT2D eigenvalue weighted by Gasteiger charge is -2.03. The van der Waals surface area contributed by atoms with Crippen LogP contribution >= 0.6 is 0 Å². The molecule has 0 fully saturated rings. The number of hydrogen-bond acceptors (Lipinski definition) is 7. The third-order valence-electron chi connectivity index (χ3n) is 4.31. The van der Waals surface area contributed by atoms with E-state index >= 15 is 0 Å². The SMILES string of the molecule is Cc1ccc(-c2nc(C#N)c(S(=O)(=O)n3nc(-c4ccc(F)cc4)cc3N)o2)cc1. The van der Waals surface area contributed by atoms with E-state index in [9.17, 15) is 18.1 Å². The monoisotopic (exact) mass is 423 g/mol. The quantitative estimate of drug-likeness (QED) is 0.533. The van der Waals surface area contributed by atoms with Gasteiger partial charge >= 0.3 is 10.0 Å². The van der Waals surface area contributed by atoms with Gasteiger partial charge in [-0.05, 0) is 43.3 Å². The zero-order chi connectivity index (χ0) is 21.5. The third-order valence-corrected chi connectivity index (χ3v) is 5.80. The van der Waals surface area contributed by atoms with Crippen LogP contribution in [0.5, 0.6) is 0 Å². The van der Waals surface area contributed by atoms with Crippen LogP contribution in [-0.2, 0) is 10.0 Å². The minimum Gasteiger partial charge on any atom is -0.421 e. The molecule has 0 atom stereocenters. The predicted molar refractivity (Wildman–Crippen MR) is 106 cm³/mol. The number of nitriles is 1. The van der Waals surface area contributed by atoms with Gasteiger partial charge in [-0.2, -0.15) is 23.8 Å². The summed E-state index contributed by atoms with van der Waals surface area (Å²) in [6.45, 7) is 1.90. The lowest BCUT2D eigenvalue weighted by molar-refractivity contribution is 0.452. The largest absolute Gasteiger partial charge is 0.421 e. The van der Waals surface area contributed by atoms with E-state index in [1.54, 1.807) is 30.3 Å². The fraction of sp³-hybridized carbons (Fsp3) is 0.0500. The van der Waals surface area contributed by atoms with Gasteiger partial charge in [0.05, 0.1) is 5.69 Å². The maximum absolute atomic E-state index is 13.1. The van der Waals surface area contributed by atoms with E-state index in [-0.39, 0.29) is 17.4 Å². The molecule has 10 heteroatoms. The van der Waals surface area contributed by atoms with E-state index in [0.29, 0.717) is 15.2 Å². The van der Waals surface area contributed by atoms with Crippen molar-refractivity contribution in [3.63, 3.8) is 0 Å². The Hall–Kier alpha value is -3.97. The second-order valence-corrected chi connectivity index (χ2v) is 8.11. The number of aryl methyl sites for hydroxylation is 1. The number of nitrogens with zero attached hydrogens (tertiary/aromatic N) is 4. The van der Waals surface area contributed by atoms with E-state index in [1.165, 1.54) is 30.3 Å². The van der Waals surface area contributed by atoms with Crippen LogP contribution in [0.2, 0.25) is 0 Å². The smallest absolute Gasteiger partial charge is 0.321 e. The van der Waals surface area contributed by atoms with Crippen molar-refractivity contribution < 1.29 is 17.2 Å². The summed E-state index contributed by atoms with van der Waals surface area (Å²) >= 11 is 0. The van der Waals surface area contributed by atoms with E-state index < -0.39 is 26.6 Å². The third kappa shape index (κ3) is 3.31. The minimum absolute atomic E-state index is 0.0189. The molecule has 150 valence electrons. The molecule has 4 rings (SSSR count). The zero-order valence-corrected chi connectivity index (χ0v) is 16.4. The molecule has 0 amide bonds. The van der Waals surface area contributed by atoms with E-state index in [2.05, 4.69) is 10.1 Å². The molecule has 0 aliphatic carbocycles. The first-order chi connectivity index (χ1) is 14.3. The van der Waals surface area contributed by atoms with Crippen molar-refractivity contribution in [2.24, 2.45) is 0 Å². The number of hydrogen-bond donors (Lipinski definition) is 1. The Morgan fingerprint density at radius 3 is 2.37 bits per heavy atom. The molecule has 0 unspecified atom stereocenters. The molecule has 2 aromatic heterocycles. The van der Waals surface area contributed by atoms with Crippen LogP contribution in [0.25, 0.3) is 22.7 Å². The van der Waals surface area contributed by atoms with Gasteiger partial charge in [-0.15, -0.1) is 4.09 Å². The molecule has 2 N–H and O–H groups in total. The molecule has 0 saturated heterocycles. The number of nitrogens with two attached hydrogens (primary N) is 1. The van der Waals surface area contributed by atoms with Gasteiger partial charge in [0.15, 0.2) is 0 Å². The van der Waals surface area contributed by atoms with Crippen LogP contribution in [0.15, 0.2) is 64.1 Å². The Kier molecular flexibility index (Phi) is 4.60. The molecule has 0 aliphatic rings. The summed E-state index contributed by atoms with van der Waals surface area (Å²) in [6, 6.07) is 15.4. The average Bonchev–Trinajstić information content (AvgIpc) is 3.34. The number of nitrogen functional groups attached to an aromatic ring is 1. The predicted octanol–water partition coefficient (Wildman–Crippen LogP) is 3.34. The van der Waals surface area contributed by atoms with Gasteiger partial charge in [0.1, 0.15) is 17.7 Å². The van der Waals surface area contributed by atoms with Crippen molar-refractivity contribution in [2.45, 2.75) is 12.0 Å². The van der Waals surface area contributed by atoms with Crippen molar-refractivity contribution in [1.29, 1.82) is 5.26 Å². The first-order valence-corrected chi connectivity index (χ1v) is 10.1. The molecule has 4 aromatic rings. The van der Waals surface area contributed by atoms with Gasteiger partial charge in [0, 0.05) is 17.2 Å². The number of benzene rings is 2. The highest BCUT2D eigenvalue weighted by atomic mass is 32.2. The maximum Gasteiger partial charge on any atom is 0.321 e. The number of oxazole rings is 1. The Morgan fingerprint density at radius 2 is 1.73 bits per heavy atom. The van der Waals surface area contributed by atoms with Gasteiger partial charge in [-0.3, -0.25) is 0 Å². The molecule has 0 aliphatic heterocycles. The van der Waals surface area contributed by atoms with Gasteiger partial charge in [0.25, 0.3) is 5.09 Å². The Balaban J connectivity index is 1.80. The summed E-state index contributed by atoms with van der Waals surface area (Å²) in [7, 11) is -4.45. The summed E-state index contributed by atoms with van der Waals surface area (Å²) in [5.41, 5.74) is 7.64. The molecule has 0 spiro atoms. The molecule has 8 nitrogen and oxygen atoms in total. The Bertz CT molecular complexity index is 1380. The number of anilines is 1. The lowest BCUT2D eigenvalue weighted by Crippen LogP contribution is -2.17. The van der Waals surface area contributed by atoms with Crippen LogP contribution in [0.4, 0.5) is 10.2 Å². The number of rotatable bonds is 4. The van der Waals surface area contributed by atoms with Crippen LogP contribution < -0.4 is 5.73 Å². The van der Waals surface area contributed by atoms with E-state index in [4.69, 9.17) is 10.2 Å². The molecular formula is C20H14FN5O3S. The molecule has 30 heavy (non-hydrogen) atoms. The van der Waals surface area contributed by atoms with Crippen molar-refractivity contribution in [3.05, 3.63) is 71.7 Å². The molecule has 2 heterocycles. The van der Waals surface area contributed by atoms with E-state index in [1.807, 2.05) is 6.92 Å². The van der Waals surface area contributed by atoms with Gasteiger partial charge in [-0.1, -0.05) is 17.7 Å². The topological polar surface area (TPSA) is 128 Å². The van der Waals surface area contributed by atoms with Gasteiger partial charge in [0.2, 0.25) is 11.6 Å². The van der Waals surface area contributed by atoms with E-state index in [0.717, 1.165) is 5.56 Å². The van der Waals surface area contributed by atoms with Crippen LogP contribution in [0.3, 0.4) is 0 Å². The van der Waals surface area contributed by atoms with Crippen molar-refractivity contribution in [1.82, 2.24) is 14.2 Å². The van der Waals surface area contributed by atoms with Crippen LogP contribution in [-0.4, -0.2) is 22.6 Å². The highest BCUT2D eigenvalue weighted by Gasteiger charge is 2.31. The van der Waals surface area contributed by atoms with Gasteiger partial charge in [-0.25, -0.2) is 4.39 Å². The number of aromatic nitrogens is 3. The highest BCUT2D eigenvalue weighted by Crippen LogP contribution is 2.29. The lowest BCUT2D eigenvalue weighted by atomic mass is 10.1. The highest BCUT2D eigenvalue weighted by molar-refractivity contribution is 7.89. The first-order valence-electron chi connectivity index (χ1n) is 8.64. The number of halogens is 1. The molecular weight excluding hydrogens is 409 g/mol. The summed E-state index contributed by atoms with van der Waals surface area (Å²) in [5.74, 6) is -0.663. The van der Waals surface area contributed by atoms with Crippen molar-refractivity contribution in [2.75, 3.05) is 5.73 Å². The van der Waals surface area contributed by atoms with Crippen molar-refractivity contribution in [3.8, 4) is 28.8 Å². The molecule has 0 bridgehead atoms. The molecule has 0 radical (unpaired) electrons. The summed E-state index contributed by atoms with van der Waals surface area (Å²) in [4.78, 5) is 3.99. The fourth-order valence-corrected chi connectivity index (χ4v) is 3.99. The second kappa shape index (κ2) is 7.13. The standard InChI is InChI=1S/C20H14FN5O3S/c1-12-2-4-14(5-3-12)19-24-17(11-22)20(29-19)30(27,28)26-18(23)10-16(25-26)13-6-8-15(21)9-7-13/h2-10H,23H2,1H3.